The molecule has 0 amide bonds. The van der Waals surface area contributed by atoms with Gasteiger partial charge in [0.25, 0.3) is 0 Å². The Morgan fingerprint density at radius 1 is 0.318 bits per heavy atom. The predicted octanol–water partition coefficient (Wildman–Crippen LogP) is 13.5. The largest absolute Gasteiger partial charge is 0.310 e. The third-order valence-corrected chi connectivity index (χ3v) is 8.57. The van der Waals surface area contributed by atoms with Crippen molar-refractivity contribution in [1.82, 2.24) is 0 Å². The molecule has 6 heteroatoms. The molecule has 6 aromatic carbocycles. The Kier molecular flexibility index (Phi) is 8.88. The zero-order valence-electron chi connectivity index (χ0n) is 24.1. The maximum Gasteiger partial charge on any atom is 0.0464 e. The quantitative estimate of drug-likeness (QED) is 0.169. The van der Waals surface area contributed by atoms with Gasteiger partial charge in [0.05, 0.1) is 0 Å². The normalized spacial score (nSPS) is 11.0. The Balaban J connectivity index is 1.38. The van der Waals surface area contributed by atoms with Gasteiger partial charge in [0, 0.05) is 54.2 Å². The summed E-state index contributed by atoms with van der Waals surface area (Å²) >= 11 is 24.9. The first kappa shape index (κ1) is 30.1. The molecule has 0 aliphatic rings. The number of nitrogens with zero attached hydrogens (tertiary/aromatic N) is 2. The number of anilines is 6. The van der Waals surface area contributed by atoms with Gasteiger partial charge in [0.2, 0.25) is 0 Å². The molecule has 0 fully saturated rings. The Morgan fingerprint density at radius 3 is 0.773 bits per heavy atom. The summed E-state index contributed by atoms with van der Waals surface area (Å²) < 4.78 is 0. The second-order valence-electron chi connectivity index (χ2n) is 10.6. The molecule has 0 radical (unpaired) electrons. The highest BCUT2D eigenvalue weighted by molar-refractivity contribution is 6.31. The van der Waals surface area contributed by atoms with E-state index in [1.54, 1.807) is 0 Å². The molecule has 0 aromatic heterocycles. The Bertz CT molecular complexity index is 1670. The first-order chi connectivity index (χ1) is 21.3. The monoisotopic (exact) mass is 652 g/mol. The molecular formula is C38H28Cl4N2. The molecule has 0 unspecified atom stereocenters. The summed E-state index contributed by atoms with van der Waals surface area (Å²) in [6, 6.07) is 44.6. The molecule has 0 heterocycles. The summed E-state index contributed by atoms with van der Waals surface area (Å²) in [6.45, 7) is 4.31. The maximum atomic E-state index is 6.22. The maximum absolute atomic E-state index is 6.22. The van der Waals surface area contributed by atoms with Crippen molar-refractivity contribution in [3.63, 3.8) is 0 Å². The van der Waals surface area contributed by atoms with Crippen LogP contribution in [0.5, 0.6) is 0 Å². The van der Waals surface area contributed by atoms with Crippen molar-refractivity contribution in [2.75, 3.05) is 9.80 Å². The van der Waals surface area contributed by atoms with Crippen LogP contribution in [0.4, 0.5) is 34.1 Å². The van der Waals surface area contributed by atoms with E-state index in [0.717, 1.165) is 34.1 Å². The molecule has 44 heavy (non-hydrogen) atoms. The Morgan fingerprint density at radius 2 is 0.545 bits per heavy atom. The molecule has 0 aliphatic carbocycles. The van der Waals surface area contributed by atoms with Gasteiger partial charge in [0.15, 0.2) is 0 Å². The van der Waals surface area contributed by atoms with Crippen molar-refractivity contribution in [3.05, 3.63) is 165 Å². The average molecular weight is 654 g/mol. The van der Waals surface area contributed by atoms with E-state index < -0.39 is 0 Å². The van der Waals surface area contributed by atoms with Crippen LogP contribution in [-0.2, 0) is 0 Å². The Labute approximate surface area is 278 Å². The number of halogens is 4. The lowest BCUT2D eigenvalue weighted by Gasteiger charge is -2.27. The number of benzene rings is 6. The van der Waals surface area contributed by atoms with Gasteiger partial charge in [-0.25, -0.2) is 0 Å². The summed E-state index contributed by atoms with van der Waals surface area (Å²) in [4.78, 5) is 4.41. The predicted molar refractivity (Wildman–Crippen MR) is 191 cm³/mol. The van der Waals surface area contributed by atoms with E-state index in [1.165, 1.54) is 22.3 Å². The third-order valence-electron chi connectivity index (χ3n) is 7.57. The number of hydrogen-bond acceptors (Lipinski definition) is 2. The van der Waals surface area contributed by atoms with Crippen LogP contribution in [0.25, 0.3) is 11.1 Å². The third kappa shape index (κ3) is 6.45. The SMILES string of the molecule is Cc1cc(N(c2ccc(Cl)cc2)c2ccc(Cl)cc2)ccc1-c1ccc(N(c2ccc(Cl)cc2)c2ccc(Cl)cc2)cc1C. The molecule has 0 spiro atoms. The molecule has 0 N–H and O–H groups in total. The summed E-state index contributed by atoms with van der Waals surface area (Å²) in [7, 11) is 0. The highest BCUT2D eigenvalue weighted by Crippen LogP contribution is 2.41. The summed E-state index contributed by atoms with van der Waals surface area (Å²) in [5.74, 6) is 0. The fraction of sp³-hybridized carbons (Fsp3) is 0.0526. The fourth-order valence-electron chi connectivity index (χ4n) is 5.43. The van der Waals surface area contributed by atoms with E-state index >= 15 is 0 Å². The van der Waals surface area contributed by atoms with E-state index in [4.69, 9.17) is 46.4 Å². The van der Waals surface area contributed by atoms with Crippen LogP contribution in [0.2, 0.25) is 20.1 Å². The van der Waals surface area contributed by atoms with E-state index in [0.29, 0.717) is 20.1 Å². The van der Waals surface area contributed by atoms with Gasteiger partial charge in [-0.2, -0.15) is 0 Å². The van der Waals surface area contributed by atoms with E-state index in [9.17, 15) is 0 Å². The fourth-order valence-corrected chi connectivity index (χ4v) is 5.94. The van der Waals surface area contributed by atoms with Crippen molar-refractivity contribution in [2.45, 2.75) is 13.8 Å². The highest BCUT2D eigenvalue weighted by Gasteiger charge is 2.17. The van der Waals surface area contributed by atoms with Crippen molar-refractivity contribution >= 4 is 80.5 Å². The van der Waals surface area contributed by atoms with Crippen LogP contribution in [0, 0.1) is 13.8 Å². The van der Waals surface area contributed by atoms with Crippen LogP contribution >= 0.6 is 46.4 Å². The summed E-state index contributed by atoms with van der Waals surface area (Å²) in [6.07, 6.45) is 0. The minimum Gasteiger partial charge on any atom is -0.310 e. The average Bonchev–Trinajstić information content (AvgIpc) is 3.02. The van der Waals surface area contributed by atoms with Crippen LogP contribution in [0.1, 0.15) is 11.1 Å². The van der Waals surface area contributed by atoms with Crippen LogP contribution in [-0.4, -0.2) is 0 Å². The molecule has 0 aliphatic heterocycles. The van der Waals surface area contributed by atoms with Gasteiger partial charge >= 0.3 is 0 Å². The standard InChI is InChI=1S/C38H28Cl4N2/c1-25-23-35(43(31-11-3-27(39)4-12-31)32-13-5-28(40)6-14-32)19-21-37(25)38-22-20-36(24-26(38)2)44(33-15-7-29(41)8-16-33)34-17-9-30(42)10-18-34/h3-24H,1-2H3. The van der Waals surface area contributed by atoms with Gasteiger partial charge in [-0.05, 0) is 157 Å². The number of aryl methyl sites for hydroxylation is 2. The molecule has 0 bridgehead atoms. The van der Waals surface area contributed by atoms with Crippen LogP contribution in [0.3, 0.4) is 0 Å². The highest BCUT2D eigenvalue weighted by atomic mass is 35.5. The lowest BCUT2D eigenvalue weighted by Crippen LogP contribution is -2.10. The van der Waals surface area contributed by atoms with Crippen molar-refractivity contribution in [2.24, 2.45) is 0 Å². The van der Waals surface area contributed by atoms with Crippen molar-refractivity contribution in [1.29, 1.82) is 0 Å². The zero-order chi connectivity index (χ0) is 30.8. The van der Waals surface area contributed by atoms with E-state index in [1.807, 2.05) is 97.1 Å². The minimum atomic E-state index is 0.695. The lowest BCUT2D eigenvalue weighted by molar-refractivity contribution is 1.26. The van der Waals surface area contributed by atoms with Gasteiger partial charge in [-0.3, -0.25) is 0 Å². The zero-order valence-corrected chi connectivity index (χ0v) is 27.1. The van der Waals surface area contributed by atoms with Crippen LogP contribution in [0.15, 0.2) is 133 Å². The van der Waals surface area contributed by atoms with Crippen molar-refractivity contribution < 1.29 is 0 Å². The molecule has 0 saturated heterocycles. The molecule has 6 rings (SSSR count). The topological polar surface area (TPSA) is 6.48 Å². The summed E-state index contributed by atoms with van der Waals surface area (Å²) in [5.41, 5.74) is 10.8. The second kappa shape index (κ2) is 13.0. The molecule has 218 valence electrons. The number of hydrogen-bond donors (Lipinski definition) is 0. The first-order valence-corrected chi connectivity index (χ1v) is 15.6. The Hall–Kier alpha value is -3.92. The van der Waals surface area contributed by atoms with Crippen molar-refractivity contribution in [3.8, 4) is 11.1 Å². The summed E-state index contributed by atoms with van der Waals surface area (Å²) in [5, 5.41) is 2.78. The van der Waals surface area contributed by atoms with Gasteiger partial charge in [-0.15, -0.1) is 0 Å². The van der Waals surface area contributed by atoms with Gasteiger partial charge in [-0.1, -0.05) is 58.5 Å². The number of rotatable bonds is 7. The molecular weight excluding hydrogens is 626 g/mol. The van der Waals surface area contributed by atoms with Crippen LogP contribution < -0.4 is 9.80 Å². The van der Waals surface area contributed by atoms with Gasteiger partial charge in [0.1, 0.15) is 0 Å². The molecule has 2 nitrogen and oxygen atoms in total. The molecule has 0 atom stereocenters. The van der Waals surface area contributed by atoms with E-state index in [2.05, 4.69) is 60.0 Å². The lowest BCUT2D eigenvalue weighted by atomic mass is 9.95. The van der Waals surface area contributed by atoms with E-state index in [-0.39, 0.29) is 0 Å². The molecule has 6 aromatic rings. The second-order valence-corrected chi connectivity index (χ2v) is 12.3. The minimum absolute atomic E-state index is 0.695. The molecule has 0 saturated carbocycles. The smallest absolute Gasteiger partial charge is 0.0464 e. The van der Waals surface area contributed by atoms with Gasteiger partial charge < -0.3 is 9.80 Å². The first-order valence-electron chi connectivity index (χ1n) is 14.1.